The number of ether oxygens (including phenoxy) is 6. The molecule has 0 bridgehead atoms. The molecule has 3 N–H and O–H groups in total. The summed E-state index contributed by atoms with van der Waals surface area (Å²) in [5, 5.41) is 31.6. The van der Waals surface area contributed by atoms with Gasteiger partial charge in [-0.15, -0.1) is 0 Å². The van der Waals surface area contributed by atoms with Crippen LogP contribution in [0.1, 0.15) is 323 Å². The van der Waals surface area contributed by atoms with Crippen LogP contribution in [-0.2, 0) is 71.8 Å². The molecule has 0 amide bonds. The fourth-order valence-electron chi connectivity index (χ4n) is 12.3. The van der Waals surface area contributed by atoms with Gasteiger partial charge >= 0.3 is 88.6 Å². The molecule has 0 fully saturated rings. The molecule has 616 valence electrons. The minimum Gasteiger partial charge on any atom is -0.756 e. The van der Waals surface area contributed by atoms with Gasteiger partial charge in [-0.3, -0.25) is 28.3 Å². The number of aliphatic hydroxyl groups is 1. The second-order valence-electron chi connectivity index (χ2n) is 29.3. The largest absolute Gasteiger partial charge is 1.00 e. The Morgan fingerprint density at radius 1 is 0.518 bits per heavy atom. The van der Waals surface area contributed by atoms with E-state index in [-0.39, 0.29) is 107 Å². The molecule has 2 aromatic carbocycles. The zero-order valence-electron chi connectivity index (χ0n) is 68.9. The predicted molar refractivity (Wildman–Crippen MR) is 419 cm³/mol. The van der Waals surface area contributed by atoms with Crippen molar-refractivity contribution in [2.45, 2.75) is 343 Å². The Bertz CT molecular complexity index is 3140. The van der Waals surface area contributed by atoms with Crippen LogP contribution in [0.25, 0.3) is 28.2 Å². The van der Waals surface area contributed by atoms with Crippen LogP contribution in [0.4, 0.5) is 0 Å². The molecule has 0 spiro atoms. The zero-order chi connectivity index (χ0) is 79.4. The van der Waals surface area contributed by atoms with Crippen molar-refractivity contribution in [2.24, 2.45) is 0 Å². The first-order chi connectivity index (χ1) is 51.8. The topological polar surface area (TPSA) is 332 Å². The van der Waals surface area contributed by atoms with Crippen molar-refractivity contribution < 1.29 is 163 Å². The van der Waals surface area contributed by atoms with Crippen LogP contribution in [0.3, 0.4) is 0 Å². The molecule has 3 aromatic rings. The second kappa shape index (κ2) is 61.7. The number of benzene rings is 2. The number of aromatic hydroxyl groups is 2. The van der Waals surface area contributed by atoms with Crippen molar-refractivity contribution in [3.8, 4) is 34.1 Å². The Labute approximate surface area is 701 Å². The number of methoxy groups -OCH3 is 1. The van der Waals surface area contributed by atoms with E-state index >= 15 is 0 Å². The number of esters is 4. The molecule has 1 aromatic heterocycles. The molecule has 2 heterocycles. The fourth-order valence-corrected chi connectivity index (χ4v) is 13.8. The van der Waals surface area contributed by atoms with E-state index in [0.717, 1.165) is 114 Å². The van der Waals surface area contributed by atoms with Crippen molar-refractivity contribution in [3.05, 3.63) is 63.5 Å². The van der Waals surface area contributed by atoms with Crippen LogP contribution < -0.4 is 84.0 Å². The molecule has 4 unspecified atom stereocenters. The molecular formula is C83H134Na2O23P2. The second-order valence-corrected chi connectivity index (χ2v) is 32.1. The number of hydrogen-bond donors (Lipinski definition) is 3. The van der Waals surface area contributed by atoms with Gasteiger partial charge in [0.05, 0.1) is 39.1 Å². The van der Waals surface area contributed by atoms with Gasteiger partial charge in [-0.2, -0.15) is 0 Å². The van der Waals surface area contributed by atoms with Gasteiger partial charge in [0.1, 0.15) is 58.9 Å². The normalized spacial score (nSPS) is 14.0. The SMILES string of the molecule is CCCCCCCCCCCC(=O)OCC(COP(=O)([O-])OCC(O)COP(=O)([O-])OCC(COC(=O)CCCCCCCCCCC)OC(=O)CCCCCCCCCCC)OC(=O)CCCCCCCCCCC.COc1c(CC=C(C)C)c2c(c3oc(=O)c(-c4ccc(O)cc4)c(O)c13)C=CC(C)(C)O2.[Na+].[Na+]. The van der Waals surface area contributed by atoms with Crippen molar-refractivity contribution in [1.82, 2.24) is 0 Å². The minimum atomic E-state index is -5.20. The monoisotopic (exact) mass is 1610 g/mol. The van der Waals surface area contributed by atoms with E-state index in [1.807, 2.05) is 39.8 Å². The number of unbranched alkanes of at least 4 members (excludes halogenated alkanes) is 32. The molecule has 27 heteroatoms. The van der Waals surface area contributed by atoms with Crippen LogP contribution in [0.5, 0.6) is 23.0 Å². The Morgan fingerprint density at radius 3 is 1.22 bits per heavy atom. The number of fused-ring (bicyclic) bond motifs is 3. The number of carbonyl (C=O) groups excluding carboxylic acids is 4. The van der Waals surface area contributed by atoms with E-state index in [1.165, 1.54) is 122 Å². The molecule has 23 nitrogen and oxygen atoms in total. The summed E-state index contributed by atoms with van der Waals surface area (Å²) in [7, 11) is -8.88. The first kappa shape index (κ1) is 104. The number of phosphoric ester groups is 2. The average Bonchev–Trinajstić information content (AvgIpc) is 0.727. The zero-order valence-corrected chi connectivity index (χ0v) is 74.7. The molecule has 1 aliphatic heterocycles. The summed E-state index contributed by atoms with van der Waals surface area (Å²) >= 11 is 0. The van der Waals surface area contributed by atoms with E-state index in [1.54, 1.807) is 12.1 Å². The number of phenols is 1. The van der Waals surface area contributed by atoms with Gasteiger partial charge in [-0.25, -0.2) is 4.79 Å². The van der Waals surface area contributed by atoms with Crippen molar-refractivity contribution >= 4 is 56.6 Å². The van der Waals surface area contributed by atoms with Gasteiger partial charge in [0.2, 0.25) is 0 Å². The maximum absolute atomic E-state index is 12.9. The summed E-state index contributed by atoms with van der Waals surface area (Å²) < 4.78 is 84.4. The standard InChI is InChI=1S/C57H110O17P2.C26H26O6.2Na/c1-5-9-13-17-21-25-29-33-37-41-54(59)67-47-52(73-56(61)43-39-35-31-27-23-19-15-11-7-3)49-71-75(63,64)69-45-51(58)46-70-76(65,66)72-50-53(74-57(62)44-40-36-32-28-24-20-16-12-8-4)48-68-55(60)42-38-34-30-26-22-18-14-10-6-2;1-14(2)6-11-17-22-18(12-13-26(3,4)32-22)24-20(23(17)30-5)21(28)19(25(29)31-24)15-7-9-16(27)10-8-15;;/h51-53,58H,5-50H2,1-4H3,(H,63,64)(H,65,66);6-10,12-13,27-28H,11H2,1-5H3;;/q;;2*+1/p-2. The quantitative estimate of drug-likeness (QED) is 0.00899. The van der Waals surface area contributed by atoms with Gasteiger partial charge < -0.3 is 76.0 Å². The average molecular weight is 1610 g/mol. The van der Waals surface area contributed by atoms with Crippen molar-refractivity contribution in [2.75, 3.05) is 46.8 Å². The van der Waals surface area contributed by atoms with Crippen molar-refractivity contribution in [3.63, 3.8) is 0 Å². The van der Waals surface area contributed by atoms with Gasteiger partial charge in [0, 0.05) is 31.2 Å². The molecule has 4 rings (SSSR count). The summed E-state index contributed by atoms with van der Waals surface area (Å²) in [5.41, 5.74) is 1.85. The molecule has 0 radical (unpaired) electrons. The minimum absolute atomic E-state index is 0. The molecule has 110 heavy (non-hydrogen) atoms. The number of carbonyl (C=O) groups is 4. The van der Waals surface area contributed by atoms with Crippen LogP contribution in [0.2, 0.25) is 0 Å². The smallest absolute Gasteiger partial charge is 0.756 e. The van der Waals surface area contributed by atoms with Crippen LogP contribution in [0, 0.1) is 0 Å². The third-order valence-electron chi connectivity index (χ3n) is 18.5. The van der Waals surface area contributed by atoms with Gasteiger partial charge in [0.25, 0.3) is 15.6 Å². The van der Waals surface area contributed by atoms with E-state index in [9.17, 15) is 58.2 Å². The number of aliphatic hydroxyl groups excluding tert-OH is 1. The van der Waals surface area contributed by atoms with Crippen LogP contribution >= 0.6 is 15.6 Å². The summed E-state index contributed by atoms with van der Waals surface area (Å²) in [4.78, 5) is 89.2. The van der Waals surface area contributed by atoms with E-state index in [4.69, 9.17) is 50.9 Å². The summed E-state index contributed by atoms with van der Waals surface area (Å²) in [6.07, 6.45) is 40.5. The number of phosphoric acid groups is 2. The molecule has 4 atom stereocenters. The van der Waals surface area contributed by atoms with E-state index in [2.05, 4.69) is 33.8 Å². The summed E-state index contributed by atoms with van der Waals surface area (Å²) in [6.45, 7) is 12.3. The maximum atomic E-state index is 12.9. The predicted octanol–water partition coefficient (Wildman–Crippen LogP) is 13.5. The molecule has 0 saturated carbocycles. The van der Waals surface area contributed by atoms with Gasteiger partial charge in [0.15, 0.2) is 17.8 Å². The Morgan fingerprint density at radius 2 is 0.864 bits per heavy atom. The number of rotatable bonds is 62. The van der Waals surface area contributed by atoms with E-state index in [0.29, 0.717) is 60.1 Å². The third-order valence-corrected chi connectivity index (χ3v) is 20.4. The third kappa shape index (κ3) is 46.8. The van der Waals surface area contributed by atoms with Crippen molar-refractivity contribution in [1.29, 1.82) is 0 Å². The molecule has 1 aliphatic rings. The summed E-state index contributed by atoms with van der Waals surface area (Å²) in [6, 6.07) is 5.99. The number of phenolic OH excluding ortho intramolecular Hbond substituents is 1. The maximum Gasteiger partial charge on any atom is 1.00 e. The number of hydrogen-bond acceptors (Lipinski definition) is 23. The molecule has 0 saturated heterocycles. The number of allylic oxidation sites excluding steroid dienone is 2. The summed E-state index contributed by atoms with van der Waals surface area (Å²) in [5.74, 6) is -1.46. The van der Waals surface area contributed by atoms with Gasteiger partial charge in [-0.05, 0) is 89.6 Å². The van der Waals surface area contributed by atoms with Crippen LogP contribution in [-0.4, -0.2) is 110 Å². The molecular weight excluding hydrogens is 1470 g/mol. The Balaban J connectivity index is 0.00000146. The molecule has 0 aliphatic carbocycles. The Hall–Kier alpha value is -3.61. The fraction of sp³-hybridized carbons (Fsp3) is 0.723. The first-order valence-electron chi connectivity index (χ1n) is 40.6. The van der Waals surface area contributed by atoms with Gasteiger partial charge in [-0.1, -0.05) is 257 Å². The van der Waals surface area contributed by atoms with Crippen LogP contribution in [0.15, 0.2) is 51.2 Å². The Kier molecular flexibility index (Phi) is 58.6. The van der Waals surface area contributed by atoms with E-state index < -0.39 is 109 Å². The first-order valence-corrected chi connectivity index (χ1v) is 43.5.